The molecule has 0 aliphatic rings. The first-order valence-corrected chi connectivity index (χ1v) is 17.4. The van der Waals surface area contributed by atoms with E-state index in [4.69, 9.17) is 9.97 Å². The molecule has 9 heteroatoms. The average molecular weight is 872 g/mol. The Labute approximate surface area is 321 Å². The summed E-state index contributed by atoms with van der Waals surface area (Å²) in [6.07, 6.45) is 0. The van der Waals surface area contributed by atoms with Crippen molar-refractivity contribution in [3.63, 3.8) is 0 Å². The van der Waals surface area contributed by atoms with Gasteiger partial charge in [-0.2, -0.15) is 11.3 Å². The maximum Gasteiger partial charge on any atom is 2.00 e. The van der Waals surface area contributed by atoms with Crippen molar-refractivity contribution in [2.75, 3.05) is 0 Å². The molecule has 254 valence electrons. The van der Waals surface area contributed by atoms with Crippen molar-refractivity contribution in [1.29, 1.82) is 5.26 Å². The van der Waals surface area contributed by atoms with E-state index in [0.717, 1.165) is 94.6 Å². The van der Waals surface area contributed by atoms with Gasteiger partial charge in [-0.05, 0) is 60.0 Å². The van der Waals surface area contributed by atoms with Crippen LogP contribution in [0.3, 0.4) is 0 Å². The summed E-state index contributed by atoms with van der Waals surface area (Å²) in [6.45, 7) is 0. The molecule has 7 aromatic carbocycles. The van der Waals surface area contributed by atoms with Gasteiger partial charge in [0, 0.05) is 5.52 Å². The summed E-state index contributed by atoms with van der Waals surface area (Å²) in [4.78, 5) is 10.2. The van der Waals surface area contributed by atoms with E-state index in [1.54, 1.807) is 0 Å². The number of imidazole rings is 4. The van der Waals surface area contributed by atoms with E-state index >= 15 is 0 Å². The Morgan fingerprint density at radius 2 is 0.926 bits per heavy atom. The molecule has 0 saturated carbocycles. The van der Waals surface area contributed by atoms with Gasteiger partial charge >= 0.3 is 21.1 Å². The summed E-state index contributed by atoms with van der Waals surface area (Å²) in [5.74, 6) is 1.58. The third-order valence-electron chi connectivity index (χ3n) is 10.5. The van der Waals surface area contributed by atoms with E-state index < -0.39 is 0 Å². The minimum Gasteiger partial charge on any atom is -0.358 e. The Morgan fingerprint density at radius 1 is 0.444 bits per heavy atom. The van der Waals surface area contributed by atoms with Crippen LogP contribution in [-0.4, -0.2) is 32.5 Å². The Hall–Kier alpha value is -6.94. The van der Waals surface area contributed by atoms with Crippen LogP contribution in [0.2, 0.25) is 0 Å². The third-order valence-corrected chi connectivity index (χ3v) is 10.5. The van der Waals surface area contributed by atoms with Gasteiger partial charge in [0.25, 0.3) is 0 Å². The number of hydrogen-bond acceptors (Lipinski definition) is 3. The summed E-state index contributed by atoms with van der Waals surface area (Å²) < 4.78 is 10.9. The normalized spacial score (nSPS) is 11.9. The molecule has 0 fully saturated rings. The molecule has 0 unspecified atom stereocenters. The fourth-order valence-electron chi connectivity index (χ4n) is 8.28. The zero-order valence-electron chi connectivity index (χ0n) is 28.3. The van der Waals surface area contributed by atoms with Gasteiger partial charge in [0.05, 0.1) is 50.2 Å². The smallest absolute Gasteiger partial charge is 0.358 e. The number of nitriles is 1. The number of benzene rings is 7. The minimum absolute atomic E-state index is 0. The topological polar surface area (TPSA) is 73.2 Å². The molecule has 0 bridgehead atoms. The molecule has 0 radical (unpaired) electrons. The molecular formula is C45H24N8Pt. The predicted molar refractivity (Wildman–Crippen MR) is 209 cm³/mol. The average Bonchev–Trinajstić information content (AvgIpc) is 4.00. The molecule has 5 heterocycles. The first-order chi connectivity index (χ1) is 26.2. The van der Waals surface area contributed by atoms with Gasteiger partial charge in [-0.3, -0.25) is 8.80 Å². The Kier molecular flexibility index (Phi) is 6.40. The quantitative estimate of drug-likeness (QED) is 0.166. The molecule has 54 heavy (non-hydrogen) atoms. The Bertz CT molecular complexity index is 3550. The van der Waals surface area contributed by atoms with Crippen LogP contribution in [0.4, 0.5) is 0 Å². The van der Waals surface area contributed by atoms with Gasteiger partial charge in [0.2, 0.25) is 11.6 Å². The largest absolute Gasteiger partial charge is 2.00 e. The van der Waals surface area contributed by atoms with Gasteiger partial charge < -0.3 is 13.7 Å². The van der Waals surface area contributed by atoms with Gasteiger partial charge in [0.15, 0.2) is 0 Å². The van der Waals surface area contributed by atoms with Crippen molar-refractivity contribution in [2.24, 2.45) is 0 Å². The summed E-state index contributed by atoms with van der Waals surface area (Å²) in [5, 5.41) is 12.6. The van der Waals surface area contributed by atoms with E-state index in [1.807, 2.05) is 54.6 Å². The summed E-state index contributed by atoms with van der Waals surface area (Å²) >= 11 is 0. The summed E-state index contributed by atoms with van der Waals surface area (Å²) in [6, 6.07) is 59.5. The monoisotopic (exact) mass is 871 g/mol. The fourth-order valence-corrected chi connectivity index (χ4v) is 8.28. The van der Waals surface area contributed by atoms with Gasteiger partial charge in [-0.1, -0.05) is 94.9 Å². The second-order valence-corrected chi connectivity index (χ2v) is 13.3. The maximum absolute atomic E-state index is 10.5. The van der Waals surface area contributed by atoms with Gasteiger partial charge in [0.1, 0.15) is 0 Å². The molecular weight excluding hydrogens is 848 g/mol. The molecule has 0 spiro atoms. The van der Waals surface area contributed by atoms with Crippen molar-refractivity contribution >= 4 is 77.5 Å². The van der Waals surface area contributed by atoms with Crippen LogP contribution < -0.4 is 0 Å². The molecule has 0 amide bonds. The second kappa shape index (κ2) is 11.3. The van der Waals surface area contributed by atoms with Crippen LogP contribution in [-0.2, 0) is 21.1 Å². The Morgan fingerprint density at radius 3 is 1.52 bits per heavy atom. The molecule has 0 N–H and O–H groups in total. The van der Waals surface area contributed by atoms with Crippen LogP contribution >= 0.6 is 0 Å². The molecule has 12 rings (SSSR count). The van der Waals surface area contributed by atoms with Crippen LogP contribution in [0.15, 0.2) is 146 Å². The van der Waals surface area contributed by atoms with Crippen LogP contribution in [0.5, 0.6) is 0 Å². The SMILES string of the molecule is N#Cc1cc(-n2c3[c-]c(-n4c5ccccc5n5c6ccccc6nc45)ccc3c3ccccc32)[c-]c(-n2c3ccccc3n3c4ccccc4nc23)c1.[Pt+2]. The van der Waals surface area contributed by atoms with Crippen molar-refractivity contribution in [2.45, 2.75) is 0 Å². The van der Waals surface area contributed by atoms with Crippen LogP contribution in [0.25, 0.3) is 94.6 Å². The summed E-state index contributed by atoms with van der Waals surface area (Å²) in [5.41, 5.74) is 12.7. The third kappa shape index (κ3) is 4.04. The maximum atomic E-state index is 10.5. The Balaban J connectivity index is 0.00000341. The first-order valence-electron chi connectivity index (χ1n) is 17.4. The number of nitrogens with zero attached hydrogens (tertiary/aromatic N) is 8. The molecule has 0 aliphatic carbocycles. The van der Waals surface area contributed by atoms with Gasteiger partial charge in [-0.25, -0.2) is 9.97 Å². The molecule has 12 aromatic rings. The minimum atomic E-state index is 0. The van der Waals surface area contributed by atoms with Crippen molar-refractivity contribution < 1.29 is 21.1 Å². The van der Waals surface area contributed by atoms with E-state index in [1.165, 1.54) is 0 Å². The molecule has 0 atom stereocenters. The first kappa shape index (κ1) is 30.7. The van der Waals surface area contributed by atoms with E-state index in [9.17, 15) is 5.26 Å². The fraction of sp³-hybridized carbons (Fsp3) is 0. The van der Waals surface area contributed by atoms with Crippen LogP contribution in [0, 0.1) is 23.5 Å². The van der Waals surface area contributed by atoms with E-state index in [2.05, 4.69) is 132 Å². The second-order valence-electron chi connectivity index (χ2n) is 13.3. The van der Waals surface area contributed by atoms with Crippen molar-refractivity contribution in [3.05, 3.63) is 163 Å². The molecule has 0 saturated heterocycles. The standard InChI is InChI=1S/C45H24N8.Pt/c46-27-28-23-30(25-31(24-28)51-40-18-8-10-20-42(40)53-38-16-6-3-13-35(38)48-45(51)53)49-36-14-4-1-11-32(36)33-22-21-29(26-43(33)49)50-39-17-7-9-19-41(39)52-37-15-5-2-12-34(37)47-44(50)52;/h1-24H;/q-2;+2. The predicted octanol–water partition coefficient (Wildman–Crippen LogP) is 9.74. The van der Waals surface area contributed by atoms with E-state index in [-0.39, 0.29) is 21.1 Å². The van der Waals surface area contributed by atoms with Gasteiger partial charge in [-0.15, -0.1) is 35.7 Å². The van der Waals surface area contributed by atoms with Crippen LogP contribution in [0.1, 0.15) is 5.56 Å². The number of fused-ring (bicyclic) bond motifs is 13. The van der Waals surface area contributed by atoms with Crippen molar-refractivity contribution in [1.82, 2.24) is 32.5 Å². The van der Waals surface area contributed by atoms with Crippen molar-refractivity contribution in [3.8, 4) is 23.1 Å². The van der Waals surface area contributed by atoms with E-state index in [0.29, 0.717) is 5.56 Å². The molecule has 0 aliphatic heterocycles. The zero-order valence-corrected chi connectivity index (χ0v) is 30.5. The molecule has 5 aromatic heterocycles. The number of aromatic nitrogens is 7. The zero-order chi connectivity index (χ0) is 34.8. The number of hydrogen-bond donors (Lipinski definition) is 0. The molecule has 8 nitrogen and oxygen atoms in total. The number of rotatable bonds is 3. The number of para-hydroxylation sites is 9. The summed E-state index contributed by atoms with van der Waals surface area (Å²) in [7, 11) is 0.